The van der Waals surface area contributed by atoms with Crippen LogP contribution in [-0.2, 0) is 21.9 Å². The lowest BCUT2D eigenvalue weighted by Crippen LogP contribution is -2.58. The summed E-state index contributed by atoms with van der Waals surface area (Å²) in [5.41, 5.74) is 2.11. The lowest BCUT2D eigenvalue weighted by atomic mass is 9.56. The summed E-state index contributed by atoms with van der Waals surface area (Å²) in [6, 6.07) is 9.34. The van der Waals surface area contributed by atoms with Gasteiger partial charge in [0.25, 0.3) is 10.0 Å². The van der Waals surface area contributed by atoms with Gasteiger partial charge in [-0.3, -0.25) is 0 Å². The summed E-state index contributed by atoms with van der Waals surface area (Å²) in [7, 11) is -1.96. The number of benzene rings is 2. The van der Waals surface area contributed by atoms with Gasteiger partial charge in [0, 0.05) is 18.0 Å². The molecule has 7 nitrogen and oxygen atoms in total. The van der Waals surface area contributed by atoms with Crippen molar-refractivity contribution in [1.82, 2.24) is 14.9 Å². The number of carbonyl (C=O) groups is 1. The van der Waals surface area contributed by atoms with Crippen molar-refractivity contribution >= 4 is 16.1 Å². The van der Waals surface area contributed by atoms with Gasteiger partial charge in [0.1, 0.15) is 11.6 Å². The van der Waals surface area contributed by atoms with Crippen molar-refractivity contribution in [1.29, 1.82) is 0 Å². The van der Waals surface area contributed by atoms with Gasteiger partial charge in [-0.05, 0) is 86.3 Å². The van der Waals surface area contributed by atoms with Crippen molar-refractivity contribution in [2.45, 2.75) is 42.5 Å². The first-order valence-corrected chi connectivity index (χ1v) is 12.2. The van der Waals surface area contributed by atoms with Gasteiger partial charge in [0.15, 0.2) is 0 Å². The number of aromatic hydroxyl groups is 1. The molecule has 0 saturated carbocycles. The molecule has 4 rings (SSSR count). The number of sulfonamides is 1. The molecule has 1 aliphatic carbocycles. The number of likely N-dealkylation sites (tertiary alicyclic amines) is 1. The van der Waals surface area contributed by atoms with Crippen molar-refractivity contribution in [2.24, 2.45) is 5.92 Å². The van der Waals surface area contributed by atoms with Gasteiger partial charge in [-0.25, -0.2) is 22.3 Å². The number of halogens is 1. The van der Waals surface area contributed by atoms with Crippen LogP contribution in [0.1, 0.15) is 30.9 Å². The smallest absolute Gasteiger partial charge is 0.328 e. The Kier molecular flexibility index (Phi) is 5.89. The highest BCUT2D eigenvalue weighted by Gasteiger charge is 2.50. The fourth-order valence-corrected chi connectivity index (χ4v) is 6.31. The zero-order valence-corrected chi connectivity index (χ0v) is 19.0. The van der Waals surface area contributed by atoms with Crippen LogP contribution in [-0.4, -0.2) is 50.6 Å². The highest BCUT2D eigenvalue weighted by molar-refractivity contribution is 7.90. The fraction of sp³-hybridized carbons (Fsp3) is 0.435. The Morgan fingerprint density at radius 2 is 1.97 bits per heavy atom. The van der Waals surface area contributed by atoms with Gasteiger partial charge in [-0.15, -0.1) is 0 Å². The molecule has 2 aromatic rings. The largest absolute Gasteiger partial charge is 0.508 e. The highest BCUT2D eigenvalue weighted by atomic mass is 32.2. The number of likely N-dealkylation sites (N-methyl/N-ethyl adjacent to an activating group) is 1. The molecule has 32 heavy (non-hydrogen) atoms. The third kappa shape index (κ3) is 4.06. The second-order valence-corrected chi connectivity index (χ2v) is 10.5. The molecular formula is C23H28FN3O4S. The quantitative estimate of drug-likeness (QED) is 0.636. The van der Waals surface area contributed by atoms with E-state index in [4.69, 9.17) is 0 Å². The number of nitrogens with zero attached hydrogens (tertiary/aromatic N) is 1. The van der Waals surface area contributed by atoms with E-state index in [2.05, 4.69) is 24.2 Å². The van der Waals surface area contributed by atoms with Crippen LogP contribution < -0.4 is 10.0 Å². The minimum atomic E-state index is -4.09. The predicted octanol–water partition coefficient (Wildman–Crippen LogP) is 2.74. The van der Waals surface area contributed by atoms with Crippen molar-refractivity contribution in [3.8, 4) is 5.75 Å². The maximum absolute atomic E-state index is 13.1. The third-order valence-corrected chi connectivity index (χ3v) is 8.54. The number of amides is 2. The molecule has 1 saturated heterocycles. The Balaban J connectivity index is 1.47. The van der Waals surface area contributed by atoms with Crippen LogP contribution >= 0.6 is 0 Å². The molecule has 1 aliphatic heterocycles. The molecule has 0 aromatic heterocycles. The number of phenols is 1. The van der Waals surface area contributed by atoms with Gasteiger partial charge in [-0.2, -0.15) is 0 Å². The number of carbonyl (C=O) groups excluding carboxylic acids is 1. The second-order valence-electron chi connectivity index (χ2n) is 8.85. The number of hydrogen-bond acceptors (Lipinski definition) is 5. The molecule has 0 radical (unpaired) electrons. The van der Waals surface area contributed by atoms with Crippen LogP contribution in [0.25, 0.3) is 0 Å². The highest BCUT2D eigenvalue weighted by Crippen LogP contribution is 2.51. The van der Waals surface area contributed by atoms with E-state index in [1.54, 1.807) is 6.07 Å². The molecule has 2 aromatic carbocycles. The summed E-state index contributed by atoms with van der Waals surface area (Å²) in [6.45, 7) is 3.41. The monoisotopic (exact) mass is 461 g/mol. The minimum Gasteiger partial charge on any atom is -0.508 e. The Bertz CT molecular complexity index is 1120. The third-order valence-electron chi connectivity index (χ3n) is 7.19. The first kappa shape index (κ1) is 22.5. The van der Waals surface area contributed by atoms with Gasteiger partial charge < -0.3 is 15.3 Å². The van der Waals surface area contributed by atoms with Crippen LogP contribution in [0.15, 0.2) is 47.4 Å². The number of hydrogen-bond donors (Lipinski definition) is 3. The van der Waals surface area contributed by atoms with E-state index in [-0.39, 0.29) is 22.6 Å². The molecular weight excluding hydrogens is 433 g/mol. The van der Waals surface area contributed by atoms with Crippen molar-refractivity contribution in [3.05, 3.63) is 59.4 Å². The van der Waals surface area contributed by atoms with E-state index in [0.717, 1.165) is 49.2 Å². The summed E-state index contributed by atoms with van der Waals surface area (Å²) in [4.78, 5) is 14.5. The Labute approximate surface area is 187 Å². The van der Waals surface area contributed by atoms with Gasteiger partial charge in [0.2, 0.25) is 0 Å². The topological polar surface area (TPSA) is 98.7 Å². The molecule has 3 N–H and O–H groups in total. The standard InChI is InChI=1S/C23H28FN3O4S/c1-15-21-13-16-3-6-18(28)14-20(16)23(15,10-12-27(21)2)9-11-25-22(29)26-32(30,31)19-7-4-17(24)5-8-19/h3-8,14-15,21,28H,9-13H2,1-2H3,(H2,25,26,29)/t15-,21+,23+/m0/s1. The van der Waals surface area contributed by atoms with E-state index in [9.17, 15) is 22.7 Å². The van der Waals surface area contributed by atoms with E-state index in [1.807, 2.05) is 16.9 Å². The normalized spacial score (nSPS) is 25.1. The number of urea groups is 1. The van der Waals surface area contributed by atoms with Gasteiger partial charge >= 0.3 is 6.03 Å². The van der Waals surface area contributed by atoms with Gasteiger partial charge in [-0.1, -0.05) is 13.0 Å². The summed E-state index contributed by atoms with van der Waals surface area (Å²) in [5, 5.41) is 12.8. The molecule has 1 fully saturated rings. The first-order chi connectivity index (χ1) is 15.1. The van der Waals surface area contributed by atoms with Crippen molar-refractivity contribution in [2.75, 3.05) is 20.1 Å². The van der Waals surface area contributed by atoms with Crippen LogP contribution in [0.5, 0.6) is 5.75 Å². The Morgan fingerprint density at radius 1 is 1.25 bits per heavy atom. The van der Waals surface area contributed by atoms with E-state index in [0.29, 0.717) is 18.4 Å². The zero-order chi connectivity index (χ0) is 23.1. The predicted molar refractivity (Wildman–Crippen MR) is 118 cm³/mol. The van der Waals surface area contributed by atoms with Crippen LogP contribution in [0.3, 0.4) is 0 Å². The second kappa shape index (κ2) is 8.37. The lowest BCUT2D eigenvalue weighted by molar-refractivity contribution is 0.0363. The van der Waals surface area contributed by atoms with Crippen molar-refractivity contribution in [3.63, 3.8) is 0 Å². The van der Waals surface area contributed by atoms with E-state index >= 15 is 0 Å². The number of fused-ring (bicyclic) bond motifs is 4. The molecule has 0 unspecified atom stereocenters. The van der Waals surface area contributed by atoms with E-state index in [1.165, 1.54) is 5.56 Å². The molecule has 2 amide bonds. The van der Waals surface area contributed by atoms with Gasteiger partial charge in [0.05, 0.1) is 4.90 Å². The van der Waals surface area contributed by atoms with Crippen LogP contribution in [0.4, 0.5) is 9.18 Å². The molecule has 2 aliphatic rings. The summed E-state index contributed by atoms with van der Waals surface area (Å²) in [5.74, 6) is -0.0239. The number of rotatable bonds is 5. The number of nitrogens with one attached hydrogen (secondary N) is 2. The summed E-state index contributed by atoms with van der Waals surface area (Å²) >= 11 is 0. The molecule has 2 bridgehead atoms. The SMILES string of the molecule is C[C@H]1[C@H]2Cc3ccc(O)cc3[C@]1(CCNC(=O)NS(=O)(=O)c1ccc(F)cc1)CCN2C. The first-order valence-electron chi connectivity index (χ1n) is 10.7. The Hall–Kier alpha value is -2.65. The average molecular weight is 462 g/mol. The molecule has 172 valence electrons. The number of phenolic OH excluding ortho intramolecular Hbond substituents is 1. The molecule has 1 heterocycles. The minimum absolute atomic E-state index is 0.184. The van der Waals surface area contributed by atoms with Crippen LogP contribution in [0.2, 0.25) is 0 Å². The molecule has 9 heteroatoms. The van der Waals surface area contributed by atoms with Crippen molar-refractivity contribution < 1.29 is 22.7 Å². The maximum Gasteiger partial charge on any atom is 0.328 e. The molecule has 0 spiro atoms. The summed E-state index contributed by atoms with van der Waals surface area (Å²) in [6.07, 6.45) is 2.42. The average Bonchev–Trinajstić information content (AvgIpc) is 2.73. The zero-order valence-electron chi connectivity index (χ0n) is 18.1. The summed E-state index contributed by atoms with van der Waals surface area (Å²) < 4.78 is 39.7. The lowest BCUT2D eigenvalue weighted by Gasteiger charge is -2.55. The van der Waals surface area contributed by atoms with E-state index < -0.39 is 21.9 Å². The molecule has 3 atom stereocenters. The fourth-order valence-electron chi connectivity index (χ4n) is 5.38. The number of piperidine rings is 1. The Morgan fingerprint density at radius 3 is 2.69 bits per heavy atom. The van der Waals surface area contributed by atoms with Crippen LogP contribution in [0, 0.1) is 11.7 Å². The maximum atomic E-state index is 13.1.